The highest BCUT2D eigenvalue weighted by Crippen LogP contribution is 2.44. The Morgan fingerprint density at radius 2 is 1.89 bits per heavy atom. The van der Waals surface area contributed by atoms with Crippen molar-refractivity contribution in [1.29, 1.82) is 0 Å². The molecular weight excluding hydrogens is 618 g/mol. The minimum Gasteiger partial charge on any atom is -0.459 e. The Bertz CT molecular complexity index is 1770. The van der Waals surface area contributed by atoms with Crippen LogP contribution in [0.3, 0.4) is 0 Å². The van der Waals surface area contributed by atoms with Crippen molar-refractivity contribution in [3.8, 4) is 17.1 Å². The third-order valence-electron chi connectivity index (χ3n) is 10.1. The van der Waals surface area contributed by atoms with E-state index in [4.69, 9.17) is 27.1 Å². The van der Waals surface area contributed by atoms with Gasteiger partial charge in [-0.05, 0) is 70.3 Å². The van der Waals surface area contributed by atoms with E-state index in [1.54, 1.807) is 6.07 Å². The number of benzene rings is 2. The van der Waals surface area contributed by atoms with Gasteiger partial charge in [-0.25, -0.2) is 13.8 Å². The summed E-state index contributed by atoms with van der Waals surface area (Å²) in [5.41, 5.74) is 6.80. The fourth-order valence-electron chi connectivity index (χ4n) is 8.09. The van der Waals surface area contributed by atoms with Gasteiger partial charge < -0.3 is 25.6 Å². The van der Waals surface area contributed by atoms with Gasteiger partial charge in [-0.1, -0.05) is 22.9 Å². The lowest BCUT2D eigenvalue weighted by atomic mass is 10.0. The van der Waals surface area contributed by atoms with E-state index in [0.29, 0.717) is 28.7 Å². The molecule has 4 bridgehead atoms. The maximum Gasteiger partial charge on any atom is 0.319 e. The first-order chi connectivity index (χ1) is 21.7. The molecule has 0 saturated carbocycles. The summed E-state index contributed by atoms with van der Waals surface area (Å²) in [6.45, 7) is 7.72. The van der Waals surface area contributed by atoms with Crippen LogP contribution in [0.25, 0.3) is 32.2 Å². The first-order valence-electron chi connectivity index (χ1n) is 15.9. The molecule has 4 fully saturated rings. The SMILES string of the molecule is C[C@@H](CN1CC2CCN(C)CC1C2)Oc1nc(N2C3CCC2CNC3)c2cc(Cl)c(-c3ccc(F)c4sc(N)nc34)c(F)c2n1. The van der Waals surface area contributed by atoms with Gasteiger partial charge in [-0.3, -0.25) is 4.90 Å². The van der Waals surface area contributed by atoms with Gasteiger partial charge in [0.25, 0.3) is 0 Å². The number of likely N-dealkylation sites (N-methyl/N-ethyl adjacent to an activating group) is 1. The normalized spacial score (nSPS) is 26.2. The van der Waals surface area contributed by atoms with Crippen molar-refractivity contribution in [3.63, 3.8) is 0 Å². The van der Waals surface area contributed by atoms with E-state index in [0.717, 1.165) is 63.4 Å². The number of nitrogens with one attached hydrogen (secondary N) is 1. The topological polar surface area (TPSA) is 95.7 Å². The summed E-state index contributed by atoms with van der Waals surface area (Å²) < 4.78 is 38.2. The Kier molecular flexibility index (Phi) is 7.48. The van der Waals surface area contributed by atoms with Crippen molar-refractivity contribution in [2.45, 2.75) is 56.8 Å². The molecule has 4 aromatic rings. The van der Waals surface area contributed by atoms with Crippen molar-refractivity contribution < 1.29 is 13.5 Å². The van der Waals surface area contributed by atoms with Crippen molar-refractivity contribution >= 4 is 55.0 Å². The third-order valence-corrected chi connectivity index (χ3v) is 11.3. The lowest BCUT2D eigenvalue weighted by Crippen LogP contribution is -2.52. The highest BCUT2D eigenvalue weighted by atomic mass is 35.5. The number of piperazine rings is 1. The standard InChI is InChI=1S/C32H37ClF2N8OS/c1-16(13-42-14-17-7-8-41(2)15-20(42)9-17)44-32-39-27-22(30(40-32)43-18-3-4-19(43)12-37-11-18)10-23(33)25(26(27)35)21-5-6-24(34)29-28(21)38-31(36)45-29/h5-6,10,16-20,37H,3-4,7-9,11-15H2,1-2H3,(H2,36,38)/t16-,17?,18?,19?,20?/m0/s1. The molecule has 0 aliphatic carbocycles. The van der Waals surface area contributed by atoms with Crippen molar-refractivity contribution in [2.75, 3.05) is 56.9 Å². The van der Waals surface area contributed by atoms with Crippen molar-refractivity contribution in [3.05, 3.63) is 34.9 Å². The molecule has 4 aliphatic rings. The number of fused-ring (bicyclic) bond motifs is 6. The van der Waals surface area contributed by atoms with Crippen molar-refractivity contribution in [1.82, 2.24) is 30.1 Å². The lowest BCUT2D eigenvalue weighted by molar-refractivity contribution is 0.108. The van der Waals surface area contributed by atoms with Crippen LogP contribution in [-0.2, 0) is 0 Å². The zero-order valence-corrected chi connectivity index (χ0v) is 27.0. The number of hydrogen-bond donors (Lipinski definition) is 2. The molecule has 5 atom stereocenters. The van der Waals surface area contributed by atoms with E-state index in [-0.39, 0.29) is 55.6 Å². The summed E-state index contributed by atoms with van der Waals surface area (Å²) in [7, 11) is 2.20. The minimum absolute atomic E-state index is 0.107. The summed E-state index contributed by atoms with van der Waals surface area (Å²) >= 11 is 7.88. The molecule has 6 heterocycles. The van der Waals surface area contributed by atoms with Crippen LogP contribution in [0.15, 0.2) is 18.2 Å². The molecule has 9 nitrogen and oxygen atoms in total. The average Bonchev–Trinajstić information content (AvgIpc) is 3.60. The van der Waals surface area contributed by atoms with Crippen LogP contribution >= 0.6 is 22.9 Å². The molecule has 0 amide bonds. The second-order valence-corrected chi connectivity index (χ2v) is 14.7. The number of thiazole rings is 1. The summed E-state index contributed by atoms with van der Waals surface area (Å²) in [5, 5.41) is 4.42. The van der Waals surface area contributed by atoms with E-state index in [1.165, 1.54) is 25.0 Å². The molecule has 4 aliphatic heterocycles. The van der Waals surface area contributed by atoms with Crippen LogP contribution in [0.4, 0.5) is 19.7 Å². The zero-order valence-electron chi connectivity index (χ0n) is 25.4. The molecule has 238 valence electrons. The fraction of sp³-hybridized carbons (Fsp3) is 0.531. The number of halogens is 3. The Hall–Kier alpha value is -2.90. The van der Waals surface area contributed by atoms with Crippen LogP contribution in [0.2, 0.25) is 5.02 Å². The van der Waals surface area contributed by atoms with Crippen LogP contribution in [0.1, 0.15) is 32.6 Å². The number of anilines is 2. The molecule has 0 radical (unpaired) electrons. The van der Waals surface area contributed by atoms with E-state index >= 15 is 4.39 Å². The third kappa shape index (κ3) is 5.18. The second-order valence-electron chi connectivity index (χ2n) is 13.2. The Balaban J connectivity index is 1.21. The van der Waals surface area contributed by atoms with Crippen LogP contribution in [0, 0.1) is 17.6 Å². The summed E-state index contributed by atoms with van der Waals surface area (Å²) in [5.74, 6) is 0.268. The average molecular weight is 655 g/mol. The Morgan fingerprint density at radius 3 is 2.69 bits per heavy atom. The maximum atomic E-state index is 16.9. The predicted molar refractivity (Wildman–Crippen MR) is 175 cm³/mol. The van der Waals surface area contributed by atoms with Crippen LogP contribution in [-0.4, -0.2) is 95.3 Å². The van der Waals surface area contributed by atoms with Gasteiger partial charge in [0.2, 0.25) is 0 Å². The van der Waals surface area contributed by atoms with Gasteiger partial charge in [-0.2, -0.15) is 9.97 Å². The quantitative estimate of drug-likeness (QED) is 0.293. The van der Waals surface area contributed by atoms with Crippen LogP contribution in [0.5, 0.6) is 6.01 Å². The number of hydrogen-bond acceptors (Lipinski definition) is 10. The second kappa shape index (κ2) is 11.4. The molecule has 2 aromatic carbocycles. The van der Waals surface area contributed by atoms with E-state index in [2.05, 4.69) is 37.0 Å². The smallest absolute Gasteiger partial charge is 0.319 e. The first-order valence-corrected chi connectivity index (χ1v) is 17.1. The number of nitrogen functional groups attached to an aromatic ring is 1. The highest BCUT2D eigenvalue weighted by Gasteiger charge is 2.40. The van der Waals surface area contributed by atoms with Gasteiger partial charge in [0.1, 0.15) is 23.3 Å². The number of ether oxygens (including phenoxy) is 1. The highest BCUT2D eigenvalue weighted by molar-refractivity contribution is 7.22. The van der Waals surface area contributed by atoms with E-state index in [1.807, 2.05) is 6.92 Å². The summed E-state index contributed by atoms with van der Waals surface area (Å²) in [6.07, 6.45) is 4.28. The maximum absolute atomic E-state index is 16.9. The number of aromatic nitrogens is 3. The molecule has 8 rings (SSSR count). The molecule has 4 unspecified atom stereocenters. The largest absolute Gasteiger partial charge is 0.459 e. The number of nitrogens with zero attached hydrogens (tertiary/aromatic N) is 6. The number of nitrogens with two attached hydrogens (primary N) is 1. The van der Waals surface area contributed by atoms with Gasteiger partial charge >= 0.3 is 6.01 Å². The van der Waals surface area contributed by atoms with Gasteiger partial charge in [0.05, 0.1) is 15.2 Å². The molecule has 45 heavy (non-hydrogen) atoms. The van der Waals surface area contributed by atoms with E-state index in [9.17, 15) is 4.39 Å². The molecule has 0 spiro atoms. The predicted octanol–water partition coefficient (Wildman–Crippen LogP) is 5.15. The molecular formula is C32H37ClF2N8OS. The fourth-order valence-corrected chi connectivity index (χ4v) is 9.15. The zero-order chi connectivity index (χ0) is 31.0. The molecule has 3 N–H and O–H groups in total. The summed E-state index contributed by atoms with van der Waals surface area (Å²) in [4.78, 5) is 21.2. The number of rotatable bonds is 6. The lowest BCUT2D eigenvalue weighted by Gasteiger charge is -2.37. The molecule has 4 saturated heterocycles. The monoisotopic (exact) mass is 654 g/mol. The molecule has 13 heteroatoms. The Morgan fingerprint density at radius 1 is 1.09 bits per heavy atom. The first kappa shape index (κ1) is 29.5. The molecule has 2 aromatic heterocycles. The van der Waals surface area contributed by atoms with Gasteiger partial charge in [-0.15, -0.1) is 0 Å². The van der Waals surface area contributed by atoms with Gasteiger partial charge in [0, 0.05) is 67.4 Å². The summed E-state index contributed by atoms with van der Waals surface area (Å²) in [6, 6.07) is 5.63. The van der Waals surface area contributed by atoms with Crippen molar-refractivity contribution in [2.24, 2.45) is 5.92 Å². The number of likely N-dealkylation sites (tertiary alicyclic amines) is 2. The Labute approximate surface area is 269 Å². The van der Waals surface area contributed by atoms with Crippen LogP contribution < -0.4 is 20.7 Å². The van der Waals surface area contributed by atoms with Gasteiger partial charge in [0.15, 0.2) is 10.9 Å². The minimum atomic E-state index is -0.617. The van der Waals surface area contributed by atoms with E-state index < -0.39 is 11.6 Å².